The fourth-order valence-electron chi connectivity index (χ4n) is 2.77. The van der Waals surface area contributed by atoms with Crippen molar-refractivity contribution >= 4 is 5.78 Å². The van der Waals surface area contributed by atoms with E-state index in [1.165, 1.54) is 0 Å². The second-order valence-electron chi connectivity index (χ2n) is 5.24. The van der Waals surface area contributed by atoms with Crippen LogP contribution < -0.4 is 11.1 Å². The first-order valence-corrected chi connectivity index (χ1v) is 6.40. The highest BCUT2D eigenvalue weighted by Crippen LogP contribution is 2.21. The molecule has 0 amide bonds. The molecule has 0 spiro atoms. The molecule has 2 heterocycles. The molecule has 0 bridgehead atoms. The van der Waals surface area contributed by atoms with E-state index < -0.39 is 0 Å². The van der Waals surface area contributed by atoms with E-state index in [0.29, 0.717) is 5.78 Å². The number of hydrogen-bond donors (Lipinski definition) is 2. The molecule has 0 aliphatic carbocycles. The van der Waals surface area contributed by atoms with Crippen molar-refractivity contribution < 1.29 is 4.79 Å². The van der Waals surface area contributed by atoms with Gasteiger partial charge in [0.1, 0.15) is 0 Å². The van der Waals surface area contributed by atoms with Crippen LogP contribution in [-0.4, -0.2) is 43.0 Å². The van der Waals surface area contributed by atoms with Gasteiger partial charge in [-0.3, -0.25) is 10.1 Å². The van der Waals surface area contributed by atoms with Gasteiger partial charge in [0.05, 0.1) is 12.2 Å². The monoisotopic (exact) mass is 225 g/mol. The highest BCUT2D eigenvalue weighted by molar-refractivity contribution is 5.86. The number of carbonyl (C=O) groups excluding carboxylic acids is 1. The zero-order valence-corrected chi connectivity index (χ0v) is 10.1. The highest BCUT2D eigenvalue weighted by Gasteiger charge is 2.31. The molecule has 2 fully saturated rings. The number of hydrogen-bond acceptors (Lipinski definition) is 4. The van der Waals surface area contributed by atoms with E-state index in [4.69, 9.17) is 5.73 Å². The summed E-state index contributed by atoms with van der Waals surface area (Å²) in [5, 5.41) is 3.24. The van der Waals surface area contributed by atoms with E-state index >= 15 is 0 Å². The second-order valence-corrected chi connectivity index (χ2v) is 5.24. The number of nitrogens with one attached hydrogen (secondary N) is 1. The molecular weight excluding hydrogens is 202 g/mol. The van der Waals surface area contributed by atoms with E-state index in [1.54, 1.807) is 0 Å². The van der Waals surface area contributed by atoms with Gasteiger partial charge in [-0.15, -0.1) is 0 Å². The lowest BCUT2D eigenvalue weighted by Gasteiger charge is -2.33. The van der Waals surface area contributed by atoms with Gasteiger partial charge in [-0.05, 0) is 52.2 Å². The summed E-state index contributed by atoms with van der Waals surface area (Å²) >= 11 is 0. The summed E-state index contributed by atoms with van der Waals surface area (Å²) in [6.45, 7) is 2.10. The Labute approximate surface area is 97.6 Å². The van der Waals surface area contributed by atoms with Crippen molar-refractivity contribution in [3.8, 4) is 0 Å². The summed E-state index contributed by atoms with van der Waals surface area (Å²) in [6, 6.07) is 0.0251. The molecule has 2 aliphatic heterocycles. The topological polar surface area (TPSA) is 58.4 Å². The van der Waals surface area contributed by atoms with Gasteiger partial charge in [0.15, 0.2) is 5.78 Å². The van der Waals surface area contributed by atoms with Crippen LogP contribution in [0.4, 0.5) is 0 Å². The Balaban J connectivity index is 1.86. The van der Waals surface area contributed by atoms with Gasteiger partial charge in [-0.2, -0.15) is 0 Å². The first-order chi connectivity index (χ1) is 7.66. The first-order valence-electron chi connectivity index (χ1n) is 6.40. The fraction of sp³-hybridized carbons (Fsp3) is 0.917. The molecule has 0 aromatic carbocycles. The third-order valence-electron chi connectivity index (χ3n) is 3.89. The maximum Gasteiger partial charge on any atom is 0.152 e. The zero-order chi connectivity index (χ0) is 11.5. The molecule has 4 nitrogen and oxygen atoms in total. The van der Waals surface area contributed by atoms with E-state index in [9.17, 15) is 4.79 Å². The smallest absolute Gasteiger partial charge is 0.152 e. The van der Waals surface area contributed by atoms with Crippen LogP contribution >= 0.6 is 0 Å². The Morgan fingerprint density at radius 3 is 2.56 bits per heavy atom. The molecule has 3 N–H and O–H groups in total. The molecule has 92 valence electrons. The maximum atomic E-state index is 12.3. The number of piperidine rings is 2. The van der Waals surface area contributed by atoms with Gasteiger partial charge >= 0.3 is 0 Å². The van der Waals surface area contributed by atoms with E-state index in [0.717, 1.165) is 45.2 Å². The summed E-state index contributed by atoms with van der Waals surface area (Å²) in [5.41, 5.74) is 5.84. The van der Waals surface area contributed by atoms with Gasteiger partial charge in [0.2, 0.25) is 0 Å². The van der Waals surface area contributed by atoms with Crippen LogP contribution in [0.5, 0.6) is 0 Å². The Kier molecular flexibility index (Phi) is 3.95. The second kappa shape index (κ2) is 5.25. The molecule has 16 heavy (non-hydrogen) atoms. The lowest BCUT2D eigenvalue weighted by molar-refractivity contribution is -0.127. The SMILES string of the molecule is CN1CCC(C(=O)C2CCCC(N)N2)CC1. The van der Waals surface area contributed by atoms with Crippen LogP contribution in [0.1, 0.15) is 32.1 Å². The van der Waals surface area contributed by atoms with Crippen molar-refractivity contribution in [1.82, 2.24) is 10.2 Å². The van der Waals surface area contributed by atoms with Crippen molar-refractivity contribution in [3.05, 3.63) is 0 Å². The van der Waals surface area contributed by atoms with Gasteiger partial charge in [0.25, 0.3) is 0 Å². The molecule has 0 radical (unpaired) electrons. The normalized spacial score (nSPS) is 33.9. The average molecular weight is 225 g/mol. The van der Waals surface area contributed by atoms with Crippen LogP contribution in [0.3, 0.4) is 0 Å². The molecule has 2 unspecified atom stereocenters. The Morgan fingerprint density at radius 2 is 1.94 bits per heavy atom. The molecule has 0 aromatic heterocycles. The minimum atomic E-state index is 0.0222. The number of carbonyl (C=O) groups is 1. The van der Waals surface area contributed by atoms with Crippen LogP contribution in [-0.2, 0) is 4.79 Å². The van der Waals surface area contributed by atoms with E-state index in [1.807, 2.05) is 0 Å². The maximum absolute atomic E-state index is 12.3. The fourth-order valence-corrected chi connectivity index (χ4v) is 2.77. The molecule has 2 aliphatic rings. The van der Waals surface area contributed by atoms with Crippen molar-refractivity contribution in [2.45, 2.75) is 44.3 Å². The molecule has 0 aromatic rings. The van der Waals surface area contributed by atoms with Gasteiger partial charge in [-0.25, -0.2) is 0 Å². The largest absolute Gasteiger partial charge is 0.316 e. The Hall–Kier alpha value is -0.450. The van der Waals surface area contributed by atoms with Crippen LogP contribution in [0.2, 0.25) is 0 Å². The Morgan fingerprint density at radius 1 is 1.25 bits per heavy atom. The molecule has 2 atom stereocenters. The summed E-state index contributed by atoms with van der Waals surface area (Å²) in [7, 11) is 2.12. The third kappa shape index (κ3) is 2.81. The zero-order valence-electron chi connectivity index (χ0n) is 10.1. The summed E-state index contributed by atoms with van der Waals surface area (Å²) < 4.78 is 0. The lowest BCUT2D eigenvalue weighted by atomic mass is 9.86. The molecule has 2 saturated heterocycles. The van der Waals surface area contributed by atoms with Gasteiger partial charge < -0.3 is 10.6 Å². The quantitative estimate of drug-likeness (QED) is 0.711. The number of rotatable bonds is 2. The molecule has 2 rings (SSSR count). The average Bonchev–Trinajstić information content (AvgIpc) is 2.29. The first kappa shape index (κ1) is 12.0. The number of likely N-dealkylation sites (tertiary alicyclic amines) is 1. The number of ketones is 1. The number of nitrogens with two attached hydrogens (primary N) is 1. The van der Waals surface area contributed by atoms with Crippen molar-refractivity contribution in [1.29, 1.82) is 0 Å². The number of Topliss-reactive ketones (excluding diaryl/α,β-unsaturated/α-hetero) is 1. The summed E-state index contributed by atoms with van der Waals surface area (Å²) in [4.78, 5) is 14.6. The lowest BCUT2D eigenvalue weighted by Crippen LogP contribution is -2.53. The van der Waals surface area contributed by atoms with Crippen molar-refractivity contribution in [2.75, 3.05) is 20.1 Å². The van der Waals surface area contributed by atoms with Crippen LogP contribution in [0.25, 0.3) is 0 Å². The minimum absolute atomic E-state index is 0.0222. The highest BCUT2D eigenvalue weighted by atomic mass is 16.1. The summed E-state index contributed by atoms with van der Waals surface area (Å²) in [5.74, 6) is 0.669. The van der Waals surface area contributed by atoms with Crippen LogP contribution in [0, 0.1) is 5.92 Å². The van der Waals surface area contributed by atoms with E-state index in [-0.39, 0.29) is 18.1 Å². The number of nitrogens with zero attached hydrogens (tertiary/aromatic N) is 1. The molecule has 0 saturated carbocycles. The predicted molar refractivity (Wildman–Crippen MR) is 64.0 cm³/mol. The van der Waals surface area contributed by atoms with Crippen LogP contribution in [0.15, 0.2) is 0 Å². The van der Waals surface area contributed by atoms with Gasteiger partial charge in [-0.1, -0.05) is 0 Å². The predicted octanol–water partition coefficient (Wildman–Crippen LogP) is 0.324. The van der Waals surface area contributed by atoms with Crippen molar-refractivity contribution in [3.63, 3.8) is 0 Å². The van der Waals surface area contributed by atoms with Gasteiger partial charge in [0, 0.05) is 5.92 Å². The standard InChI is InChI=1S/C12H23N3O/c1-15-7-5-9(6-8-15)12(16)10-3-2-4-11(13)14-10/h9-11,14H,2-8,13H2,1H3. The Bertz CT molecular complexity index is 249. The summed E-state index contributed by atoms with van der Waals surface area (Å²) in [6.07, 6.45) is 5.10. The minimum Gasteiger partial charge on any atom is -0.316 e. The third-order valence-corrected chi connectivity index (χ3v) is 3.89. The van der Waals surface area contributed by atoms with E-state index in [2.05, 4.69) is 17.3 Å². The van der Waals surface area contributed by atoms with Crippen molar-refractivity contribution in [2.24, 2.45) is 11.7 Å². The molecule has 4 heteroatoms. The molecular formula is C12H23N3O.